The van der Waals surface area contributed by atoms with Gasteiger partial charge in [0.2, 0.25) is 0 Å². The van der Waals surface area contributed by atoms with E-state index in [4.69, 9.17) is 0 Å². The second kappa shape index (κ2) is 3.71. The third kappa shape index (κ3) is 2.13. The molecule has 0 aliphatic carbocycles. The van der Waals surface area contributed by atoms with Gasteiger partial charge in [0.1, 0.15) is 0 Å². The summed E-state index contributed by atoms with van der Waals surface area (Å²) in [4.78, 5) is 0. The monoisotopic (exact) mass is 211 g/mol. The van der Waals surface area contributed by atoms with E-state index in [1.165, 1.54) is 0 Å². The Hall–Kier alpha value is -0.870. The molecular weight excluding hydrogens is 198 g/mol. The van der Waals surface area contributed by atoms with Gasteiger partial charge in [0.15, 0.2) is 9.84 Å². The van der Waals surface area contributed by atoms with Crippen LogP contribution in [0.5, 0.6) is 0 Å². The number of nitrogens with one attached hydrogen (secondary N) is 1. The normalized spacial score (nSPS) is 25.9. The van der Waals surface area contributed by atoms with Crippen molar-refractivity contribution in [1.29, 1.82) is 0 Å². The van der Waals surface area contributed by atoms with Crippen LogP contribution in [0.1, 0.15) is 11.6 Å². The molecule has 0 unspecified atom stereocenters. The Morgan fingerprint density at radius 3 is 2.57 bits per heavy atom. The minimum Gasteiger partial charge on any atom is -0.308 e. The highest BCUT2D eigenvalue weighted by Gasteiger charge is 2.24. The topological polar surface area (TPSA) is 46.2 Å². The van der Waals surface area contributed by atoms with Crippen molar-refractivity contribution >= 4 is 9.84 Å². The van der Waals surface area contributed by atoms with Gasteiger partial charge in [-0.1, -0.05) is 30.3 Å². The van der Waals surface area contributed by atoms with E-state index in [1.54, 1.807) is 0 Å². The van der Waals surface area contributed by atoms with Crippen LogP contribution in [0.15, 0.2) is 30.3 Å². The highest BCUT2D eigenvalue weighted by molar-refractivity contribution is 7.91. The zero-order valence-electron chi connectivity index (χ0n) is 7.81. The lowest BCUT2D eigenvalue weighted by atomic mass is 10.1. The highest BCUT2D eigenvalue weighted by Crippen LogP contribution is 2.17. The van der Waals surface area contributed by atoms with Gasteiger partial charge in [0.25, 0.3) is 0 Å². The predicted molar refractivity (Wildman–Crippen MR) is 55.8 cm³/mol. The molecule has 1 saturated heterocycles. The van der Waals surface area contributed by atoms with E-state index in [1.807, 2.05) is 30.3 Å². The molecule has 1 fully saturated rings. The standard InChI is InChI=1S/C10H13NO2S/c12-14(13)7-6-11-10(8-14)9-4-2-1-3-5-9/h1-5,10-11H,6-8H2/t10-/m0/s1. The summed E-state index contributed by atoms with van der Waals surface area (Å²) in [5.74, 6) is 0.480. The van der Waals surface area contributed by atoms with Gasteiger partial charge in [0.05, 0.1) is 11.5 Å². The molecular formula is C10H13NO2S. The Kier molecular flexibility index (Phi) is 2.56. The summed E-state index contributed by atoms with van der Waals surface area (Å²) < 4.78 is 22.8. The third-order valence-corrected chi connectivity index (χ3v) is 4.09. The van der Waals surface area contributed by atoms with Crippen molar-refractivity contribution in [3.8, 4) is 0 Å². The molecule has 2 rings (SSSR count). The van der Waals surface area contributed by atoms with Crippen molar-refractivity contribution in [2.24, 2.45) is 0 Å². The van der Waals surface area contributed by atoms with Gasteiger partial charge in [-0.15, -0.1) is 0 Å². The summed E-state index contributed by atoms with van der Waals surface area (Å²) in [6.07, 6.45) is 0. The molecule has 0 aromatic heterocycles. The van der Waals surface area contributed by atoms with E-state index < -0.39 is 9.84 Å². The van der Waals surface area contributed by atoms with E-state index in [0.717, 1.165) is 5.56 Å². The Morgan fingerprint density at radius 1 is 1.21 bits per heavy atom. The zero-order chi connectivity index (χ0) is 10.0. The first-order valence-electron chi connectivity index (χ1n) is 4.66. The van der Waals surface area contributed by atoms with Gasteiger partial charge in [-0.25, -0.2) is 8.42 Å². The molecule has 0 amide bonds. The molecule has 1 heterocycles. The van der Waals surface area contributed by atoms with Crippen molar-refractivity contribution < 1.29 is 8.42 Å². The van der Waals surface area contributed by atoms with Crippen molar-refractivity contribution in [2.45, 2.75) is 6.04 Å². The summed E-state index contributed by atoms with van der Waals surface area (Å²) >= 11 is 0. The molecule has 1 aliphatic rings. The molecule has 1 aromatic carbocycles. The van der Waals surface area contributed by atoms with Crippen LogP contribution in [0, 0.1) is 0 Å². The molecule has 4 heteroatoms. The SMILES string of the molecule is O=S1(=O)CCN[C@H](c2ccccc2)C1. The zero-order valence-corrected chi connectivity index (χ0v) is 8.63. The molecule has 3 nitrogen and oxygen atoms in total. The van der Waals surface area contributed by atoms with E-state index in [2.05, 4.69) is 5.32 Å². The van der Waals surface area contributed by atoms with Crippen LogP contribution in [-0.4, -0.2) is 26.5 Å². The predicted octanol–water partition coefficient (Wildman–Crippen LogP) is 0.746. The van der Waals surface area contributed by atoms with E-state index >= 15 is 0 Å². The van der Waals surface area contributed by atoms with Crippen molar-refractivity contribution in [3.05, 3.63) is 35.9 Å². The first-order valence-corrected chi connectivity index (χ1v) is 6.48. The molecule has 1 atom stereocenters. The van der Waals surface area contributed by atoms with Crippen LogP contribution in [0.25, 0.3) is 0 Å². The second-order valence-corrected chi connectivity index (χ2v) is 5.76. The van der Waals surface area contributed by atoms with Crippen molar-refractivity contribution in [1.82, 2.24) is 5.32 Å². The second-order valence-electron chi connectivity index (χ2n) is 3.53. The quantitative estimate of drug-likeness (QED) is 0.745. The maximum atomic E-state index is 11.4. The van der Waals surface area contributed by atoms with Gasteiger partial charge in [-0.3, -0.25) is 0 Å². The lowest BCUT2D eigenvalue weighted by Gasteiger charge is -2.23. The Morgan fingerprint density at radius 2 is 1.93 bits per heavy atom. The first-order chi connectivity index (χ1) is 6.67. The van der Waals surface area contributed by atoms with E-state index in [9.17, 15) is 8.42 Å². The minimum absolute atomic E-state index is 0.0325. The molecule has 1 N–H and O–H groups in total. The van der Waals surface area contributed by atoms with E-state index in [-0.39, 0.29) is 17.5 Å². The summed E-state index contributed by atoms with van der Waals surface area (Å²) in [5, 5.41) is 3.21. The molecule has 1 aromatic rings. The molecule has 0 radical (unpaired) electrons. The fourth-order valence-electron chi connectivity index (χ4n) is 1.68. The Labute approximate surface area is 84.1 Å². The Bertz CT molecular complexity index is 399. The van der Waals surface area contributed by atoms with Gasteiger partial charge in [-0.2, -0.15) is 0 Å². The number of sulfone groups is 1. The maximum Gasteiger partial charge on any atom is 0.153 e. The largest absolute Gasteiger partial charge is 0.308 e. The van der Waals surface area contributed by atoms with Gasteiger partial charge < -0.3 is 5.32 Å². The lowest BCUT2D eigenvalue weighted by molar-refractivity contribution is 0.531. The van der Waals surface area contributed by atoms with E-state index in [0.29, 0.717) is 6.54 Å². The third-order valence-electron chi connectivity index (χ3n) is 2.43. The van der Waals surface area contributed by atoms with Crippen molar-refractivity contribution in [2.75, 3.05) is 18.1 Å². The molecule has 0 saturated carbocycles. The van der Waals surface area contributed by atoms with Gasteiger partial charge in [0, 0.05) is 12.6 Å². The van der Waals surface area contributed by atoms with Crippen LogP contribution in [0.2, 0.25) is 0 Å². The first kappa shape index (κ1) is 9.68. The summed E-state index contributed by atoms with van der Waals surface area (Å²) in [5.41, 5.74) is 1.05. The minimum atomic E-state index is -2.84. The Balaban J connectivity index is 2.21. The fraction of sp³-hybridized carbons (Fsp3) is 0.400. The van der Waals surface area contributed by atoms with Gasteiger partial charge >= 0.3 is 0 Å². The maximum absolute atomic E-state index is 11.4. The highest BCUT2D eigenvalue weighted by atomic mass is 32.2. The molecule has 1 aliphatic heterocycles. The molecule has 14 heavy (non-hydrogen) atoms. The average Bonchev–Trinajstić information content (AvgIpc) is 2.18. The number of hydrogen-bond donors (Lipinski definition) is 1. The van der Waals surface area contributed by atoms with Crippen LogP contribution in [0.3, 0.4) is 0 Å². The summed E-state index contributed by atoms with van der Waals surface area (Å²) in [6, 6.07) is 9.67. The molecule has 76 valence electrons. The van der Waals surface area contributed by atoms with Crippen LogP contribution in [-0.2, 0) is 9.84 Å². The molecule has 0 spiro atoms. The van der Waals surface area contributed by atoms with Crippen LogP contribution < -0.4 is 5.32 Å². The van der Waals surface area contributed by atoms with Gasteiger partial charge in [-0.05, 0) is 5.56 Å². The fourth-order valence-corrected chi connectivity index (χ4v) is 3.10. The summed E-state index contributed by atoms with van der Waals surface area (Å²) in [7, 11) is -2.84. The number of rotatable bonds is 1. The average molecular weight is 211 g/mol. The number of hydrogen-bond acceptors (Lipinski definition) is 3. The lowest BCUT2D eigenvalue weighted by Crippen LogP contribution is -2.39. The smallest absolute Gasteiger partial charge is 0.153 e. The van der Waals surface area contributed by atoms with Crippen LogP contribution >= 0.6 is 0 Å². The number of benzene rings is 1. The van der Waals surface area contributed by atoms with Crippen molar-refractivity contribution in [3.63, 3.8) is 0 Å². The summed E-state index contributed by atoms with van der Waals surface area (Å²) in [6.45, 7) is 0.557. The van der Waals surface area contributed by atoms with Crippen LogP contribution in [0.4, 0.5) is 0 Å². The molecule has 0 bridgehead atoms.